The first kappa shape index (κ1) is 19.9. The van der Waals surface area contributed by atoms with Gasteiger partial charge in [0.05, 0.1) is 29.6 Å². The number of aryl methyl sites for hydroxylation is 2. The number of aromatic nitrogens is 1. The highest BCUT2D eigenvalue weighted by atomic mass is 16.5. The van der Waals surface area contributed by atoms with Crippen LogP contribution < -0.4 is 10.1 Å². The number of fused-ring (bicyclic) bond motifs is 1. The van der Waals surface area contributed by atoms with E-state index in [0.29, 0.717) is 18.7 Å². The lowest BCUT2D eigenvalue weighted by atomic mass is 10.0. The number of hydrogen-bond acceptors (Lipinski definition) is 6. The summed E-state index contributed by atoms with van der Waals surface area (Å²) in [5.41, 5.74) is 4.20. The molecular formula is C25H23N3O4. The molecule has 7 nitrogen and oxygen atoms in total. The number of amides is 1. The number of nitrogens with zero attached hydrogens (tertiary/aromatic N) is 2. The summed E-state index contributed by atoms with van der Waals surface area (Å²) in [6.07, 6.45) is 1.28. The quantitative estimate of drug-likeness (QED) is 0.452. The molecule has 162 valence electrons. The highest BCUT2D eigenvalue weighted by molar-refractivity contribution is 6.01. The Bertz CT molecular complexity index is 1210. The van der Waals surface area contributed by atoms with Crippen LogP contribution in [0.5, 0.6) is 5.75 Å². The van der Waals surface area contributed by atoms with E-state index in [-0.39, 0.29) is 12.1 Å². The van der Waals surface area contributed by atoms with Crippen LogP contribution in [0.1, 0.15) is 44.9 Å². The van der Waals surface area contributed by atoms with Gasteiger partial charge in [0.2, 0.25) is 0 Å². The lowest BCUT2D eigenvalue weighted by Gasteiger charge is -2.37. The van der Waals surface area contributed by atoms with Crippen molar-refractivity contribution in [3.05, 3.63) is 101 Å². The largest absolute Gasteiger partial charge is 0.489 e. The first-order valence-electron chi connectivity index (χ1n) is 10.4. The van der Waals surface area contributed by atoms with E-state index in [4.69, 9.17) is 13.7 Å². The minimum absolute atomic E-state index is 0.0421. The average molecular weight is 429 g/mol. The molecule has 0 spiro atoms. The third-order valence-corrected chi connectivity index (χ3v) is 5.69. The van der Waals surface area contributed by atoms with Crippen LogP contribution in [-0.2, 0) is 13.2 Å². The van der Waals surface area contributed by atoms with Crippen molar-refractivity contribution in [2.45, 2.75) is 33.2 Å². The van der Waals surface area contributed by atoms with Crippen LogP contribution in [0.2, 0.25) is 0 Å². The van der Waals surface area contributed by atoms with Gasteiger partial charge in [-0.25, -0.2) is 0 Å². The average Bonchev–Trinajstić information content (AvgIpc) is 3.44. The van der Waals surface area contributed by atoms with Crippen molar-refractivity contribution in [2.75, 3.05) is 5.32 Å². The Kier molecular flexibility index (Phi) is 5.15. The molecule has 2 aromatic carbocycles. The van der Waals surface area contributed by atoms with E-state index in [1.165, 1.54) is 0 Å². The van der Waals surface area contributed by atoms with Gasteiger partial charge in [0, 0.05) is 5.69 Å². The Morgan fingerprint density at radius 3 is 2.59 bits per heavy atom. The molecule has 0 aliphatic carbocycles. The van der Waals surface area contributed by atoms with Gasteiger partial charge in [0.25, 0.3) is 5.91 Å². The number of ether oxygens (including phenoxy) is 1. The van der Waals surface area contributed by atoms with Gasteiger partial charge < -0.3 is 23.9 Å². The van der Waals surface area contributed by atoms with Crippen molar-refractivity contribution in [1.29, 1.82) is 0 Å². The van der Waals surface area contributed by atoms with Crippen molar-refractivity contribution in [3.63, 3.8) is 0 Å². The second-order valence-corrected chi connectivity index (χ2v) is 7.77. The van der Waals surface area contributed by atoms with Crippen molar-refractivity contribution in [2.24, 2.45) is 0 Å². The van der Waals surface area contributed by atoms with Crippen LogP contribution in [0.3, 0.4) is 0 Å². The number of para-hydroxylation sites is 1. The monoisotopic (exact) mass is 429 g/mol. The van der Waals surface area contributed by atoms with Crippen LogP contribution in [0.25, 0.3) is 0 Å². The maximum atomic E-state index is 13.3. The van der Waals surface area contributed by atoms with E-state index >= 15 is 0 Å². The van der Waals surface area contributed by atoms with Gasteiger partial charge >= 0.3 is 0 Å². The molecule has 1 N–H and O–H groups in total. The molecule has 2 aromatic heterocycles. The first-order chi connectivity index (χ1) is 15.6. The Morgan fingerprint density at radius 1 is 1.06 bits per heavy atom. The zero-order chi connectivity index (χ0) is 22.1. The maximum absolute atomic E-state index is 13.3. The van der Waals surface area contributed by atoms with E-state index in [1.54, 1.807) is 11.2 Å². The number of furan rings is 1. The summed E-state index contributed by atoms with van der Waals surface area (Å²) in [5.74, 6) is 2.17. The number of anilines is 1. The molecule has 0 bridgehead atoms. The summed E-state index contributed by atoms with van der Waals surface area (Å²) in [7, 11) is 0. The predicted molar refractivity (Wildman–Crippen MR) is 118 cm³/mol. The van der Waals surface area contributed by atoms with E-state index in [1.807, 2.05) is 74.5 Å². The molecule has 1 amide bonds. The molecule has 1 aliphatic heterocycles. The third-order valence-electron chi connectivity index (χ3n) is 5.69. The molecule has 0 saturated carbocycles. The van der Waals surface area contributed by atoms with E-state index in [9.17, 15) is 4.79 Å². The summed E-state index contributed by atoms with van der Waals surface area (Å²) in [6, 6.07) is 19.0. The van der Waals surface area contributed by atoms with Crippen molar-refractivity contribution in [1.82, 2.24) is 10.1 Å². The summed E-state index contributed by atoms with van der Waals surface area (Å²) in [5, 5.41) is 7.46. The lowest BCUT2D eigenvalue weighted by molar-refractivity contribution is 0.0651. The molecule has 32 heavy (non-hydrogen) atoms. The van der Waals surface area contributed by atoms with Crippen LogP contribution in [0, 0.1) is 13.8 Å². The predicted octanol–water partition coefficient (Wildman–Crippen LogP) is 5.23. The van der Waals surface area contributed by atoms with Crippen LogP contribution >= 0.6 is 0 Å². The molecule has 3 heterocycles. The molecule has 0 saturated heterocycles. The topological polar surface area (TPSA) is 80.7 Å². The zero-order valence-corrected chi connectivity index (χ0v) is 17.9. The van der Waals surface area contributed by atoms with Crippen molar-refractivity contribution in [3.8, 4) is 5.75 Å². The number of nitrogens with one attached hydrogen (secondary N) is 1. The highest BCUT2D eigenvalue weighted by Gasteiger charge is 2.33. The molecule has 4 aromatic rings. The normalized spacial score (nSPS) is 15.4. The molecule has 7 heteroatoms. The Hall–Kier alpha value is -4.00. The minimum atomic E-state index is -0.334. The van der Waals surface area contributed by atoms with Gasteiger partial charge in [-0.2, -0.15) is 0 Å². The second-order valence-electron chi connectivity index (χ2n) is 7.77. The van der Waals surface area contributed by atoms with Gasteiger partial charge in [0.15, 0.2) is 0 Å². The van der Waals surface area contributed by atoms with E-state index in [0.717, 1.165) is 39.8 Å². The van der Waals surface area contributed by atoms with Crippen LogP contribution in [-0.4, -0.2) is 16.0 Å². The fraction of sp³-hybridized carbons (Fsp3) is 0.200. The SMILES string of the molecule is Cc1noc(C)c1COc1ccc(C2Nc3ccccc3C(=O)N2Cc2ccco2)cc1. The fourth-order valence-electron chi connectivity index (χ4n) is 3.90. The van der Waals surface area contributed by atoms with E-state index < -0.39 is 0 Å². The Balaban J connectivity index is 1.39. The molecule has 1 aliphatic rings. The number of carbonyl (C=O) groups excluding carboxylic acids is 1. The van der Waals surface area contributed by atoms with Crippen LogP contribution in [0.4, 0.5) is 5.69 Å². The third kappa shape index (κ3) is 3.73. The molecule has 1 atom stereocenters. The van der Waals surface area contributed by atoms with Crippen molar-refractivity contribution >= 4 is 11.6 Å². The van der Waals surface area contributed by atoms with Crippen LogP contribution in [0.15, 0.2) is 75.9 Å². The Morgan fingerprint density at radius 2 is 1.88 bits per heavy atom. The minimum Gasteiger partial charge on any atom is -0.489 e. The molecular weight excluding hydrogens is 406 g/mol. The van der Waals surface area contributed by atoms with Gasteiger partial charge in [-0.3, -0.25) is 4.79 Å². The van der Waals surface area contributed by atoms with Gasteiger partial charge in [-0.1, -0.05) is 29.4 Å². The summed E-state index contributed by atoms with van der Waals surface area (Å²) in [6.45, 7) is 4.52. The number of rotatable bonds is 6. The molecule has 1 unspecified atom stereocenters. The molecule has 0 fully saturated rings. The Labute approximate surface area is 185 Å². The first-order valence-corrected chi connectivity index (χ1v) is 10.4. The standard InChI is InChI=1S/C25H23N3O4/c1-16-22(17(2)32-27-16)15-31-19-11-9-18(10-12-19)24-26-23-8-4-3-7-21(23)25(29)28(24)14-20-6-5-13-30-20/h3-13,24,26H,14-15H2,1-2H3. The molecule has 0 radical (unpaired) electrons. The highest BCUT2D eigenvalue weighted by Crippen LogP contribution is 2.34. The summed E-state index contributed by atoms with van der Waals surface area (Å²) in [4.78, 5) is 15.1. The number of benzene rings is 2. The number of carbonyl (C=O) groups is 1. The van der Waals surface area contributed by atoms with Gasteiger partial charge in [-0.15, -0.1) is 0 Å². The smallest absolute Gasteiger partial charge is 0.258 e. The van der Waals surface area contributed by atoms with Crippen molar-refractivity contribution < 1.29 is 18.5 Å². The van der Waals surface area contributed by atoms with Gasteiger partial charge in [0.1, 0.15) is 30.0 Å². The van der Waals surface area contributed by atoms with Gasteiger partial charge in [-0.05, 0) is 55.8 Å². The summed E-state index contributed by atoms with van der Waals surface area (Å²) >= 11 is 0. The zero-order valence-electron chi connectivity index (χ0n) is 17.9. The van der Waals surface area contributed by atoms with E-state index in [2.05, 4.69) is 10.5 Å². The lowest BCUT2D eigenvalue weighted by Crippen LogP contribution is -2.42. The second kappa shape index (κ2) is 8.26. The fourth-order valence-corrected chi connectivity index (χ4v) is 3.90. The maximum Gasteiger partial charge on any atom is 0.258 e. The molecule has 5 rings (SSSR count). The summed E-state index contributed by atoms with van der Waals surface area (Å²) < 4.78 is 16.6. The number of hydrogen-bond donors (Lipinski definition) is 1.